The molecule has 0 saturated carbocycles. The maximum absolute atomic E-state index is 14.0. The fourth-order valence-electron chi connectivity index (χ4n) is 7.77. The number of carbonyl (C=O) groups excluding carboxylic acids is 7. The van der Waals surface area contributed by atoms with Gasteiger partial charge >= 0.3 is 5.97 Å². The highest BCUT2D eigenvalue weighted by Gasteiger charge is 2.34. The Morgan fingerprint density at radius 3 is 1.90 bits per heavy atom. The van der Waals surface area contributed by atoms with E-state index in [1.54, 1.807) is 0 Å². The lowest BCUT2D eigenvalue weighted by Gasteiger charge is -2.30. The first kappa shape index (κ1) is 56.0. The van der Waals surface area contributed by atoms with Crippen LogP contribution in [0.25, 0.3) is 11.1 Å². The minimum Gasteiger partial charge on any atom is -0.507 e. The number of benzene rings is 2. The third kappa shape index (κ3) is 17.1. The van der Waals surface area contributed by atoms with Crippen LogP contribution in [0.5, 0.6) is 11.5 Å². The molecule has 0 saturated heterocycles. The predicted molar refractivity (Wildman–Crippen MR) is 252 cm³/mol. The molecule has 0 radical (unpaired) electrons. The summed E-state index contributed by atoms with van der Waals surface area (Å²) >= 11 is 0. The van der Waals surface area contributed by atoms with Crippen LogP contribution in [0.15, 0.2) is 36.4 Å². The molecule has 1 aliphatic rings. The highest BCUT2D eigenvalue weighted by molar-refractivity contribution is 5.97. The second-order valence-corrected chi connectivity index (χ2v) is 17.5. The van der Waals surface area contributed by atoms with Gasteiger partial charge in [-0.05, 0) is 55.7 Å². The van der Waals surface area contributed by atoms with Crippen molar-refractivity contribution < 1.29 is 58.8 Å². The monoisotopic (exact) mass is 953 g/mol. The normalized spacial score (nSPS) is 17.2. The third-order valence-corrected chi connectivity index (χ3v) is 12.1. The summed E-state index contributed by atoms with van der Waals surface area (Å²) in [6, 6.07) is 1.23. The molecule has 0 aromatic heterocycles. The molecule has 2 aromatic carbocycles. The van der Waals surface area contributed by atoms with Crippen molar-refractivity contribution in [2.24, 2.45) is 5.73 Å². The minimum atomic E-state index is -1.72. The Balaban J connectivity index is 1.65. The van der Waals surface area contributed by atoms with Crippen molar-refractivity contribution in [2.45, 2.75) is 153 Å². The second kappa shape index (κ2) is 28.1. The van der Waals surface area contributed by atoms with Gasteiger partial charge in [-0.2, -0.15) is 0 Å². The van der Waals surface area contributed by atoms with Crippen molar-refractivity contribution in [2.75, 3.05) is 27.2 Å². The number of likely N-dealkylation sites (N-methyl/N-ethyl adjacent to an activating group) is 2. The lowest BCUT2D eigenvalue weighted by atomic mass is 9.93. The summed E-state index contributed by atoms with van der Waals surface area (Å²) in [7, 11) is 2.61. The number of amides is 7. The molecule has 1 aliphatic heterocycles. The van der Waals surface area contributed by atoms with Gasteiger partial charge in [-0.1, -0.05) is 96.1 Å². The fraction of sp³-hybridized carbons (Fsp3) is 0.583. The van der Waals surface area contributed by atoms with Crippen LogP contribution >= 0.6 is 0 Å². The van der Waals surface area contributed by atoms with Crippen LogP contribution in [-0.2, 0) is 44.8 Å². The Morgan fingerprint density at radius 1 is 0.765 bits per heavy atom. The number of carbonyl (C=O) groups is 8. The van der Waals surface area contributed by atoms with Gasteiger partial charge in [0.15, 0.2) is 6.17 Å². The number of aromatic hydroxyl groups is 2. The number of unbranched alkanes of at least 4 members (excludes halogenated alkanes) is 12. The van der Waals surface area contributed by atoms with E-state index in [2.05, 4.69) is 33.5 Å². The molecular weight excluding hydrogens is 881 g/mol. The van der Waals surface area contributed by atoms with E-state index >= 15 is 0 Å². The van der Waals surface area contributed by atoms with Gasteiger partial charge in [0.05, 0.1) is 13.2 Å². The maximum atomic E-state index is 14.0. The van der Waals surface area contributed by atoms with E-state index in [1.165, 1.54) is 116 Å². The number of nitrogens with one attached hydrogen (secondary N) is 5. The van der Waals surface area contributed by atoms with Crippen molar-refractivity contribution in [3.05, 3.63) is 47.5 Å². The number of hydrogen-bond acceptors (Lipinski definition) is 12. The van der Waals surface area contributed by atoms with Crippen LogP contribution in [0.4, 0.5) is 0 Å². The lowest BCUT2D eigenvalue weighted by Crippen LogP contribution is -2.59. The van der Waals surface area contributed by atoms with Gasteiger partial charge in [-0.25, -0.2) is 0 Å². The number of carboxylic acid groups (broad SMARTS) is 1. The van der Waals surface area contributed by atoms with E-state index in [1.807, 2.05) is 0 Å². The predicted octanol–water partition coefficient (Wildman–Crippen LogP) is 2.22. The molecule has 20 heteroatoms. The molecule has 3 rings (SSSR count). The molecule has 20 nitrogen and oxygen atoms in total. The van der Waals surface area contributed by atoms with Crippen LogP contribution in [0.2, 0.25) is 0 Å². The first-order chi connectivity index (χ1) is 32.3. The molecule has 4 bridgehead atoms. The number of nitrogens with zero attached hydrogens (tertiary/aromatic N) is 2. The number of phenols is 2. The first-order valence-electron chi connectivity index (χ1n) is 23.6. The largest absolute Gasteiger partial charge is 0.507 e. The number of nitrogens with two attached hydrogens (primary N) is 1. The Hall–Kier alpha value is -6.28. The van der Waals surface area contributed by atoms with Gasteiger partial charge in [-0.15, -0.1) is 0 Å². The smallest absolute Gasteiger partial charge is 0.325 e. The summed E-state index contributed by atoms with van der Waals surface area (Å²) in [4.78, 5) is 107. The van der Waals surface area contributed by atoms with Crippen LogP contribution in [0.1, 0.15) is 128 Å². The van der Waals surface area contributed by atoms with Gasteiger partial charge < -0.3 is 62.5 Å². The molecule has 11 N–H and O–H groups in total. The summed E-state index contributed by atoms with van der Waals surface area (Å²) in [5, 5.41) is 53.2. The standard InChI is InChI=1S/C48H72N8O12/c1-6-7-8-9-10-11-12-13-14-15-16-17-18-19-39(60)55(4)36(28-57)45(64)54-42(49)47(66)50-27-40(61)56(5)41-32-21-23-38(59)34(26-32)33-24-31(20-22-37(33)58)25-35(44(63)52-30(3)48(67)68)53-43(62)29(2)51-46(41)65/h20-24,26,29-30,35-36,41-42,57-59H,6-19,25,27-28,49H2,1-5H3,(H,50,66)(H,51,65)(H,52,63)(H,53,62)(H,54,64)(H,67,68)/t29-,30-,35-,36+,41-,42-/m0/s1. The fourth-order valence-corrected chi connectivity index (χ4v) is 7.77. The highest BCUT2D eigenvalue weighted by atomic mass is 16.4. The Kier molecular flexibility index (Phi) is 23.2. The first-order valence-corrected chi connectivity index (χ1v) is 23.6. The van der Waals surface area contributed by atoms with E-state index in [0.717, 1.165) is 35.5 Å². The summed E-state index contributed by atoms with van der Waals surface area (Å²) in [6.45, 7) is 3.26. The molecule has 0 fully saturated rings. The quantitative estimate of drug-likeness (QED) is 0.0505. The van der Waals surface area contributed by atoms with E-state index in [0.29, 0.717) is 12.0 Å². The average molecular weight is 953 g/mol. The topological polar surface area (TPSA) is 310 Å². The summed E-state index contributed by atoms with van der Waals surface area (Å²) in [5.41, 5.74) is 6.55. The summed E-state index contributed by atoms with van der Waals surface area (Å²) in [5.74, 6) is -7.71. The molecule has 2 aromatic rings. The highest BCUT2D eigenvalue weighted by Crippen LogP contribution is 2.38. The van der Waals surface area contributed by atoms with E-state index in [9.17, 15) is 58.8 Å². The summed E-state index contributed by atoms with van der Waals surface area (Å²) in [6.07, 6.45) is 13.1. The molecule has 0 aliphatic carbocycles. The zero-order valence-electron chi connectivity index (χ0n) is 40.0. The van der Waals surface area contributed by atoms with Gasteiger partial charge in [0, 0.05) is 38.1 Å². The number of rotatable bonds is 25. The lowest BCUT2D eigenvalue weighted by molar-refractivity contribution is -0.142. The summed E-state index contributed by atoms with van der Waals surface area (Å²) < 4.78 is 0. The van der Waals surface area contributed by atoms with Gasteiger partial charge in [0.2, 0.25) is 35.4 Å². The number of aliphatic hydroxyl groups excluding tert-OH is 1. The molecule has 6 atom stereocenters. The van der Waals surface area contributed by atoms with Crippen molar-refractivity contribution in [1.82, 2.24) is 36.4 Å². The number of carboxylic acids is 1. The van der Waals surface area contributed by atoms with Crippen molar-refractivity contribution in [1.29, 1.82) is 0 Å². The van der Waals surface area contributed by atoms with E-state index in [-0.39, 0.29) is 46.9 Å². The number of aliphatic carboxylic acids is 1. The third-order valence-electron chi connectivity index (χ3n) is 12.1. The van der Waals surface area contributed by atoms with Crippen LogP contribution in [0.3, 0.4) is 0 Å². The molecule has 0 unspecified atom stereocenters. The van der Waals surface area contributed by atoms with E-state index < -0.39 is 90.9 Å². The Morgan fingerprint density at radius 2 is 1.32 bits per heavy atom. The number of aliphatic hydroxyl groups is 1. The van der Waals surface area contributed by atoms with Gasteiger partial charge in [-0.3, -0.25) is 38.4 Å². The van der Waals surface area contributed by atoms with Crippen LogP contribution in [-0.4, -0.2) is 135 Å². The number of fused-ring (bicyclic) bond motifs is 5. The molecule has 1 heterocycles. The van der Waals surface area contributed by atoms with E-state index in [4.69, 9.17) is 5.73 Å². The second-order valence-electron chi connectivity index (χ2n) is 17.5. The van der Waals surface area contributed by atoms with Crippen LogP contribution < -0.4 is 32.3 Å². The molecular formula is C48H72N8O12. The molecule has 376 valence electrons. The van der Waals surface area contributed by atoms with Crippen molar-refractivity contribution in [3.63, 3.8) is 0 Å². The van der Waals surface area contributed by atoms with Gasteiger partial charge in [0.25, 0.3) is 5.91 Å². The maximum Gasteiger partial charge on any atom is 0.325 e. The molecule has 0 spiro atoms. The zero-order chi connectivity index (χ0) is 50.5. The SMILES string of the molecule is CCCCCCCCCCCCCCCC(=O)N(C)[C@H](CO)C(=O)N[C@H](N)C(=O)NCC(=O)N(C)[C@@H]1C(=O)N[C@@H](C)C(=O)N[C@H](C(=O)N[C@@H](C)C(=O)O)Cc2ccc(O)c(c2)-c2cc1ccc2O. The Labute approximate surface area is 398 Å². The molecule has 68 heavy (non-hydrogen) atoms. The van der Waals surface area contributed by atoms with Gasteiger partial charge in [0.1, 0.15) is 41.7 Å². The average Bonchev–Trinajstić information content (AvgIpc) is 3.30. The Bertz CT molecular complexity index is 2070. The van der Waals surface area contributed by atoms with Crippen molar-refractivity contribution in [3.8, 4) is 22.6 Å². The molecule has 7 amide bonds. The van der Waals surface area contributed by atoms with Crippen LogP contribution in [0, 0.1) is 0 Å². The zero-order valence-corrected chi connectivity index (χ0v) is 40.0. The number of phenolic OH excluding ortho intramolecular Hbond substituents is 2. The minimum absolute atomic E-state index is 0.0262. The number of hydrogen-bond donors (Lipinski definition) is 10. The van der Waals surface area contributed by atoms with Crippen molar-refractivity contribution >= 4 is 47.3 Å².